The Balaban J connectivity index is 1.88. The first-order chi connectivity index (χ1) is 14.2. The number of hydrogen-bond acceptors (Lipinski definition) is 3. The second-order valence-corrected chi connectivity index (χ2v) is 12.6. The highest BCUT2D eigenvalue weighted by molar-refractivity contribution is 8.20. The van der Waals surface area contributed by atoms with Crippen molar-refractivity contribution in [2.45, 2.75) is 4.90 Å². The Bertz CT molecular complexity index is 1330. The van der Waals surface area contributed by atoms with E-state index in [0.29, 0.717) is 21.2 Å². The second kappa shape index (κ2) is 8.20. The Hall–Kier alpha value is -2.11. The molecule has 30 heavy (non-hydrogen) atoms. The summed E-state index contributed by atoms with van der Waals surface area (Å²) in [4.78, 5) is 6.29. The highest BCUT2D eigenvalue weighted by Gasteiger charge is 2.17. The lowest BCUT2D eigenvalue weighted by atomic mass is 10.1. The Morgan fingerprint density at radius 1 is 0.933 bits per heavy atom. The van der Waals surface area contributed by atoms with Crippen molar-refractivity contribution < 1.29 is 13.0 Å². The Morgan fingerprint density at radius 2 is 1.53 bits per heavy atom. The van der Waals surface area contributed by atoms with E-state index in [1.807, 2.05) is 12.1 Å². The van der Waals surface area contributed by atoms with E-state index in [9.17, 15) is 13.0 Å². The van der Waals surface area contributed by atoms with E-state index in [-0.39, 0.29) is 10.8 Å². The molecular weight excluding hydrogens is 463 g/mol. The van der Waals surface area contributed by atoms with E-state index in [0.717, 1.165) is 16.0 Å². The van der Waals surface area contributed by atoms with E-state index < -0.39 is 14.9 Å². The van der Waals surface area contributed by atoms with E-state index in [2.05, 4.69) is 8.02 Å². The summed E-state index contributed by atoms with van der Waals surface area (Å²) in [5.41, 5.74) is 3.00. The van der Waals surface area contributed by atoms with Gasteiger partial charge in [0.1, 0.15) is 16.6 Å². The first-order valence-electron chi connectivity index (χ1n) is 8.79. The van der Waals surface area contributed by atoms with Crippen LogP contribution in [0, 0.1) is 11.6 Å². The van der Waals surface area contributed by atoms with Gasteiger partial charge in [-0.05, 0) is 60.2 Å². The van der Waals surface area contributed by atoms with Gasteiger partial charge in [-0.15, -0.1) is 11.3 Å². The largest absolute Gasteiger partial charge is 0.259 e. The van der Waals surface area contributed by atoms with Crippen LogP contribution in [0.3, 0.4) is 0 Å². The second-order valence-electron chi connectivity index (χ2n) is 6.70. The summed E-state index contributed by atoms with van der Waals surface area (Å²) in [6, 6.07) is 17.9. The predicted octanol–water partition coefficient (Wildman–Crippen LogP) is 7.41. The summed E-state index contributed by atoms with van der Waals surface area (Å²) in [6.07, 6.45) is 1.62. The molecule has 0 saturated heterocycles. The van der Waals surface area contributed by atoms with Crippen molar-refractivity contribution in [3.8, 4) is 32.3 Å². The molecule has 0 aliphatic carbocycles. The average Bonchev–Trinajstić information content (AvgIpc) is 3.15. The van der Waals surface area contributed by atoms with Crippen LogP contribution in [0.1, 0.15) is 0 Å². The number of thiazole rings is 1. The Kier molecular flexibility index (Phi) is 5.78. The molecule has 0 saturated carbocycles. The summed E-state index contributed by atoms with van der Waals surface area (Å²) in [5.74, 6) is -0.829. The number of nitrogens with zero attached hydrogens (tertiary/aromatic N) is 1. The van der Waals surface area contributed by atoms with Gasteiger partial charge >= 0.3 is 0 Å². The predicted molar refractivity (Wildman–Crippen MR) is 124 cm³/mol. The summed E-state index contributed by atoms with van der Waals surface area (Å²) < 4.78 is 39.3. The molecule has 0 bridgehead atoms. The minimum absolute atomic E-state index is 0.0201. The number of aromatic nitrogens is 1. The van der Waals surface area contributed by atoms with Gasteiger partial charge in [-0.2, -0.15) is 0 Å². The molecule has 1 heterocycles. The van der Waals surface area contributed by atoms with Crippen molar-refractivity contribution in [2.24, 2.45) is 0 Å². The highest BCUT2D eigenvalue weighted by atomic mass is 35.5. The molecule has 0 radical (unpaired) electrons. The standard InChI is InChI=1S/C22H15ClF2NOPS2/c1-30(27,28)17-9-4-14(5-10-17)21-20(13-2-7-16(24)8-3-13)26-22(29-21)15-6-11-19(25)18(23)12-15/h2-12,28H,1H3. The van der Waals surface area contributed by atoms with Crippen molar-refractivity contribution in [3.05, 3.63) is 83.4 Å². The van der Waals surface area contributed by atoms with Gasteiger partial charge < -0.3 is 0 Å². The monoisotopic (exact) mass is 477 g/mol. The third kappa shape index (κ3) is 4.33. The van der Waals surface area contributed by atoms with Gasteiger partial charge in [-0.25, -0.2) is 13.8 Å². The summed E-state index contributed by atoms with van der Waals surface area (Å²) in [5, 5.41) is 0.682. The van der Waals surface area contributed by atoms with E-state index in [1.165, 1.54) is 35.6 Å². The average molecular weight is 478 g/mol. The normalized spacial score (nSPS) is 13.2. The first-order valence-corrected chi connectivity index (χ1v) is 13.2. The quantitative estimate of drug-likeness (QED) is 0.286. The molecule has 0 fully saturated rings. The van der Waals surface area contributed by atoms with Crippen molar-refractivity contribution in [3.63, 3.8) is 0 Å². The molecule has 0 aliphatic rings. The molecule has 0 N–H and O–H groups in total. The van der Waals surface area contributed by atoms with Crippen LogP contribution in [0.2, 0.25) is 5.02 Å². The summed E-state index contributed by atoms with van der Waals surface area (Å²) in [7, 11) is 1.00. The number of halogens is 3. The molecule has 8 heteroatoms. The van der Waals surface area contributed by atoms with E-state index in [1.54, 1.807) is 36.6 Å². The van der Waals surface area contributed by atoms with Crippen molar-refractivity contribution in [2.75, 3.05) is 6.26 Å². The zero-order valence-corrected chi connectivity index (χ0v) is 19.0. The molecule has 0 amide bonds. The molecule has 152 valence electrons. The van der Waals surface area contributed by atoms with Crippen molar-refractivity contribution in [1.29, 1.82) is 0 Å². The number of rotatable bonds is 4. The Morgan fingerprint density at radius 3 is 2.13 bits per heavy atom. The van der Waals surface area contributed by atoms with Crippen LogP contribution in [0.15, 0.2) is 71.6 Å². The maximum atomic E-state index is 13.6. The Labute approximate surface area is 184 Å². The van der Waals surface area contributed by atoms with E-state index >= 15 is 0 Å². The van der Waals surface area contributed by atoms with Gasteiger partial charge in [-0.3, -0.25) is 4.21 Å². The van der Waals surface area contributed by atoms with Gasteiger partial charge in [0.2, 0.25) is 0 Å². The maximum Gasteiger partial charge on any atom is 0.141 e. The first kappa shape index (κ1) is 21.1. The molecule has 4 aromatic rings. The van der Waals surface area contributed by atoms with Gasteiger partial charge in [-0.1, -0.05) is 31.7 Å². The number of benzene rings is 3. The zero-order valence-electron chi connectivity index (χ0n) is 15.7. The topological polar surface area (TPSA) is 30.0 Å². The molecule has 1 atom stereocenters. The lowest BCUT2D eigenvalue weighted by Crippen LogP contribution is -1.91. The van der Waals surface area contributed by atoms with Crippen LogP contribution in [0.4, 0.5) is 8.78 Å². The molecule has 4 rings (SSSR count). The molecule has 1 aromatic heterocycles. The van der Waals surface area contributed by atoms with Gasteiger partial charge in [0, 0.05) is 31.4 Å². The maximum absolute atomic E-state index is 13.6. The van der Waals surface area contributed by atoms with Gasteiger partial charge in [0.25, 0.3) is 0 Å². The van der Waals surface area contributed by atoms with Gasteiger partial charge in [0.15, 0.2) is 0 Å². The fourth-order valence-electron chi connectivity index (χ4n) is 2.94. The highest BCUT2D eigenvalue weighted by Crippen LogP contribution is 2.41. The van der Waals surface area contributed by atoms with Crippen LogP contribution in [-0.4, -0.2) is 15.4 Å². The summed E-state index contributed by atoms with van der Waals surface area (Å²) >= 11 is 7.37. The van der Waals surface area contributed by atoms with Crippen LogP contribution < -0.4 is 0 Å². The summed E-state index contributed by atoms with van der Waals surface area (Å²) in [6.45, 7) is 0. The van der Waals surface area contributed by atoms with Gasteiger partial charge in [0.05, 0.1) is 15.6 Å². The van der Waals surface area contributed by atoms with E-state index in [4.69, 9.17) is 16.6 Å². The lowest BCUT2D eigenvalue weighted by molar-refractivity contribution is 0.628. The molecule has 3 aromatic carbocycles. The lowest BCUT2D eigenvalue weighted by Gasteiger charge is -2.06. The fraction of sp³-hybridized carbons (Fsp3) is 0.0455. The molecule has 1 unspecified atom stereocenters. The minimum atomic E-state index is -2.26. The van der Waals surface area contributed by atoms with Crippen molar-refractivity contribution >= 4 is 40.1 Å². The molecule has 0 spiro atoms. The fourth-order valence-corrected chi connectivity index (χ4v) is 5.27. The third-order valence-corrected chi connectivity index (χ3v) is 7.80. The van der Waals surface area contributed by atoms with Crippen molar-refractivity contribution in [1.82, 2.24) is 4.98 Å². The van der Waals surface area contributed by atoms with Crippen LogP contribution in [0.25, 0.3) is 32.3 Å². The molecule has 2 nitrogen and oxygen atoms in total. The molecular formula is C22H15ClF2NOPS2. The van der Waals surface area contributed by atoms with Crippen LogP contribution >= 0.6 is 31.0 Å². The smallest absolute Gasteiger partial charge is 0.141 e. The number of hydrogen-bond donors (Lipinski definition) is 0. The zero-order chi connectivity index (χ0) is 21.5. The van der Waals surface area contributed by atoms with Crippen LogP contribution in [0.5, 0.6) is 0 Å². The SMILES string of the molecule is CS(=O)(=P)c1ccc(-c2sc(-c3ccc(F)c(Cl)c3)nc2-c2ccc(F)cc2)cc1. The minimum Gasteiger partial charge on any atom is -0.259 e. The molecule has 0 aliphatic heterocycles. The third-order valence-electron chi connectivity index (χ3n) is 4.48. The van der Waals surface area contributed by atoms with Crippen LogP contribution in [-0.2, 0) is 9.11 Å².